The third-order valence-electron chi connectivity index (χ3n) is 4.57. The maximum atomic E-state index is 12.2. The fourth-order valence-electron chi connectivity index (χ4n) is 2.89. The minimum atomic E-state index is -1.68. The van der Waals surface area contributed by atoms with Gasteiger partial charge in [0.2, 0.25) is 0 Å². The van der Waals surface area contributed by atoms with E-state index in [2.05, 4.69) is 15.6 Å². The van der Waals surface area contributed by atoms with E-state index in [4.69, 9.17) is 27.9 Å². The van der Waals surface area contributed by atoms with E-state index in [1.54, 1.807) is 30.3 Å². The molecule has 0 saturated carbocycles. The lowest BCUT2D eigenvalue weighted by atomic mass is 9.96. The molecule has 1 saturated heterocycles. The molecule has 8 nitrogen and oxygen atoms in total. The van der Waals surface area contributed by atoms with Crippen LogP contribution in [0.2, 0.25) is 10.2 Å². The number of amides is 2. The van der Waals surface area contributed by atoms with Crippen LogP contribution in [0.3, 0.4) is 0 Å². The molecule has 1 aromatic heterocycles. The third kappa shape index (κ3) is 5.04. The average molecular weight is 440 g/mol. The predicted molar refractivity (Wildman–Crippen MR) is 106 cm³/mol. The molecule has 0 spiro atoms. The summed E-state index contributed by atoms with van der Waals surface area (Å²) < 4.78 is 5.42. The number of ether oxygens (including phenoxy) is 1. The van der Waals surface area contributed by atoms with E-state index >= 15 is 0 Å². The number of halogens is 2. The van der Waals surface area contributed by atoms with Crippen LogP contribution in [0.15, 0.2) is 42.6 Å². The van der Waals surface area contributed by atoms with Crippen LogP contribution in [0.1, 0.15) is 20.7 Å². The standard InChI is InChI=1S/C19H19Cl2N3O5/c20-13-6-15(21)22-7-12(13)18(27)23-8-14-16(25)19(28,10-29-14)9-24-17(26)11-4-2-1-3-5-11/h1-7,14,16,25,28H,8-10H2,(H,23,27)(H,24,26)/t14-,16?,19+/m1/s1. The Hall–Kier alpha value is -2.23. The van der Waals surface area contributed by atoms with Crippen molar-refractivity contribution in [2.24, 2.45) is 0 Å². The molecular formula is C19H19Cl2N3O5. The number of rotatable bonds is 6. The van der Waals surface area contributed by atoms with Crippen molar-refractivity contribution >= 4 is 35.0 Å². The summed E-state index contributed by atoms with van der Waals surface area (Å²) in [5, 5.41) is 26.5. The van der Waals surface area contributed by atoms with Crippen LogP contribution in [-0.4, -0.2) is 64.5 Å². The second-order valence-electron chi connectivity index (χ2n) is 6.64. The predicted octanol–water partition coefficient (Wildman–Crippen LogP) is 1.04. The van der Waals surface area contributed by atoms with Crippen LogP contribution in [0.4, 0.5) is 0 Å². The van der Waals surface area contributed by atoms with Gasteiger partial charge in [-0.25, -0.2) is 4.98 Å². The van der Waals surface area contributed by atoms with E-state index in [1.807, 2.05) is 0 Å². The number of carbonyl (C=O) groups excluding carboxylic acids is 2. The molecule has 1 aromatic carbocycles. The quantitative estimate of drug-likeness (QED) is 0.499. The first-order valence-electron chi connectivity index (χ1n) is 8.75. The highest BCUT2D eigenvalue weighted by molar-refractivity contribution is 6.36. The summed E-state index contributed by atoms with van der Waals surface area (Å²) in [5.41, 5.74) is -1.13. The van der Waals surface area contributed by atoms with Gasteiger partial charge in [0.1, 0.15) is 23.0 Å². The molecule has 3 atom stereocenters. The van der Waals surface area contributed by atoms with Crippen molar-refractivity contribution in [3.05, 3.63) is 63.9 Å². The zero-order valence-electron chi connectivity index (χ0n) is 15.1. The minimum Gasteiger partial charge on any atom is -0.387 e. The second kappa shape index (κ2) is 9.06. The number of nitrogens with zero attached hydrogens (tertiary/aromatic N) is 1. The Kier molecular flexibility index (Phi) is 6.71. The summed E-state index contributed by atoms with van der Waals surface area (Å²) >= 11 is 11.7. The Morgan fingerprint density at radius 1 is 1.21 bits per heavy atom. The summed E-state index contributed by atoms with van der Waals surface area (Å²) in [5.74, 6) is -0.907. The normalized spacial score (nSPS) is 23.6. The molecule has 0 bridgehead atoms. The summed E-state index contributed by atoms with van der Waals surface area (Å²) in [4.78, 5) is 28.2. The van der Waals surface area contributed by atoms with Crippen molar-refractivity contribution in [3.63, 3.8) is 0 Å². The Morgan fingerprint density at radius 3 is 2.62 bits per heavy atom. The first kappa shape index (κ1) is 21.5. The van der Waals surface area contributed by atoms with Gasteiger partial charge >= 0.3 is 0 Å². The number of hydrogen-bond acceptors (Lipinski definition) is 6. The molecule has 1 unspecified atom stereocenters. The van der Waals surface area contributed by atoms with Crippen molar-refractivity contribution in [1.82, 2.24) is 15.6 Å². The molecule has 2 amide bonds. The van der Waals surface area contributed by atoms with Crippen LogP contribution in [-0.2, 0) is 4.74 Å². The molecule has 1 aliphatic heterocycles. The highest BCUT2D eigenvalue weighted by Crippen LogP contribution is 2.25. The van der Waals surface area contributed by atoms with Crippen molar-refractivity contribution in [3.8, 4) is 0 Å². The molecule has 2 aromatic rings. The summed E-state index contributed by atoms with van der Waals surface area (Å²) in [6, 6.07) is 9.83. The molecule has 4 N–H and O–H groups in total. The molecule has 154 valence electrons. The number of hydrogen-bond donors (Lipinski definition) is 4. The lowest BCUT2D eigenvalue weighted by molar-refractivity contribution is -0.0464. The third-order valence-corrected chi connectivity index (χ3v) is 5.09. The number of carbonyl (C=O) groups is 2. The lowest BCUT2D eigenvalue weighted by Crippen LogP contribution is -2.53. The smallest absolute Gasteiger partial charge is 0.254 e. The molecule has 0 aliphatic carbocycles. The number of benzene rings is 1. The van der Waals surface area contributed by atoms with Gasteiger partial charge in [-0.05, 0) is 18.2 Å². The zero-order valence-corrected chi connectivity index (χ0v) is 16.7. The molecule has 2 heterocycles. The van der Waals surface area contributed by atoms with Crippen LogP contribution < -0.4 is 10.6 Å². The molecular weight excluding hydrogens is 421 g/mol. The van der Waals surface area contributed by atoms with Crippen molar-refractivity contribution in [2.45, 2.75) is 17.8 Å². The maximum Gasteiger partial charge on any atom is 0.254 e. The van der Waals surface area contributed by atoms with E-state index < -0.39 is 23.7 Å². The first-order valence-corrected chi connectivity index (χ1v) is 9.50. The van der Waals surface area contributed by atoms with Gasteiger partial charge in [0.15, 0.2) is 0 Å². The van der Waals surface area contributed by atoms with Crippen molar-refractivity contribution < 1.29 is 24.5 Å². The molecule has 3 rings (SSSR count). The lowest BCUT2D eigenvalue weighted by Gasteiger charge is -2.26. The van der Waals surface area contributed by atoms with Gasteiger partial charge in [-0.2, -0.15) is 0 Å². The Bertz CT molecular complexity index is 899. The SMILES string of the molecule is O=C(NC[C@]1(O)CO[C@H](CNC(=O)c2cnc(Cl)cc2Cl)C1O)c1ccccc1. The van der Waals surface area contributed by atoms with Gasteiger partial charge in [0.25, 0.3) is 11.8 Å². The topological polar surface area (TPSA) is 121 Å². The second-order valence-corrected chi connectivity index (χ2v) is 7.44. The fraction of sp³-hybridized carbons (Fsp3) is 0.316. The van der Waals surface area contributed by atoms with Gasteiger partial charge in [-0.3, -0.25) is 9.59 Å². The van der Waals surface area contributed by atoms with Crippen LogP contribution in [0.25, 0.3) is 0 Å². The number of aliphatic hydroxyl groups is 2. The van der Waals surface area contributed by atoms with Gasteiger partial charge in [0.05, 0.1) is 23.7 Å². The summed E-state index contributed by atoms with van der Waals surface area (Å²) in [6.07, 6.45) is -0.948. The van der Waals surface area contributed by atoms with Crippen molar-refractivity contribution in [1.29, 1.82) is 0 Å². The van der Waals surface area contributed by atoms with Crippen molar-refractivity contribution in [2.75, 3.05) is 19.7 Å². The number of aromatic nitrogens is 1. The highest BCUT2D eigenvalue weighted by atomic mass is 35.5. The van der Waals surface area contributed by atoms with Gasteiger partial charge < -0.3 is 25.6 Å². The molecule has 29 heavy (non-hydrogen) atoms. The maximum absolute atomic E-state index is 12.2. The Balaban J connectivity index is 1.54. The number of aliphatic hydroxyl groups excluding tert-OH is 1. The van der Waals surface area contributed by atoms with E-state index in [-0.39, 0.29) is 41.3 Å². The zero-order chi connectivity index (χ0) is 21.0. The fourth-order valence-corrected chi connectivity index (χ4v) is 3.34. The molecule has 1 aliphatic rings. The van der Waals surface area contributed by atoms with Gasteiger partial charge in [-0.15, -0.1) is 0 Å². The summed E-state index contributed by atoms with van der Waals surface area (Å²) in [7, 11) is 0. The van der Waals surface area contributed by atoms with E-state index in [1.165, 1.54) is 12.3 Å². The monoisotopic (exact) mass is 439 g/mol. The molecule has 10 heteroatoms. The number of pyridine rings is 1. The Labute approximate surface area is 176 Å². The van der Waals surface area contributed by atoms with Gasteiger partial charge in [-0.1, -0.05) is 41.4 Å². The van der Waals surface area contributed by atoms with E-state index in [0.29, 0.717) is 5.56 Å². The van der Waals surface area contributed by atoms with Crippen LogP contribution >= 0.6 is 23.2 Å². The number of nitrogens with one attached hydrogen (secondary N) is 2. The molecule has 0 radical (unpaired) electrons. The summed E-state index contributed by atoms with van der Waals surface area (Å²) in [6.45, 7) is -0.486. The van der Waals surface area contributed by atoms with Crippen LogP contribution in [0.5, 0.6) is 0 Å². The Morgan fingerprint density at radius 2 is 1.93 bits per heavy atom. The van der Waals surface area contributed by atoms with Gasteiger partial charge in [0, 0.05) is 18.3 Å². The van der Waals surface area contributed by atoms with Crippen LogP contribution in [0, 0.1) is 0 Å². The molecule has 1 fully saturated rings. The average Bonchev–Trinajstić information content (AvgIpc) is 2.99. The minimum absolute atomic E-state index is 0.0755. The van der Waals surface area contributed by atoms with E-state index in [0.717, 1.165) is 0 Å². The van der Waals surface area contributed by atoms with E-state index in [9.17, 15) is 19.8 Å². The highest BCUT2D eigenvalue weighted by Gasteiger charge is 2.48. The largest absolute Gasteiger partial charge is 0.387 e. The first-order chi connectivity index (χ1) is 13.8.